The van der Waals surface area contributed by atoms with Crippen LogP contribution in [0.2, 0.25) is 5.02 Å². The Morgan fingerprint density at radius 3 is 2.67 bits per heavy atom. The maximum absolute atomic E-state index is 12.0. The molecule has 1 amide bonds. The fraction of sp³-hybridized carbons (Fsp3) is 0.562. The van der Waals surface area contributed by atoms with Crippen LogP contribution in [0, 0.1) is 0 Å². The van der Waals surface area contributed by atoms with Gasteiger partial charge in [0.05, 0.1) is 5.02 Å². The number of amides is 1. The summed E-state index contributed by atoms with van der Waals surface area (Å²) in [6, 6.07) is 5.73. The Morgan fingerprint density at radius 1 is 1.38 bits per heavy atom. The van der Waals surface area contributed by atoms with Crippen molar-refractivity contribution in [2.45, 2.75) is 52.3 Å². The number of ether oxygens (including phenoxy) is 1. The number of hydrogen-bond donors (Lipinski definition) is 2. The Bertz CT molecular complexity index is 466. The minimum absolute atomic E-state index is 0.119. The largest absolute Gasteiger partial charge is 0.479 e. The van der Waals surface area contributed by atoms with E-state index in [1.165, 1.54) is 0 Å². The predicted molar refractivity (Wildman–Crippen MR) is 86.8 cm³/mol. The lowest BCUT2D eigenvalue weighted by molar-refractivity contribution is -0.127. The van der Waals surface area contributed by atoms with E-state index in [0.717, 1.165) is 24.9 Å². The van der Waals surface area contributed by atoms with E-state index in [1.54, 1.807) is 13.0 Å². The van der Waals surface area contributed by atoms with E-state index in [4.69, 9.17) is 16.3 Å². The highest BCUT2D eigenvalue weighted by atomic mass is 35.5. The highest BCUT2D eigenvalue weighted by molar-refractivity contribution is 6.32. The summed E-state index contributed by atoms with van der Waals surface area (Å²) in [5.41, 5.74) is 1.07. The SMILES string of the molecule is CCCC(C)NC(=O)C(C)Oc1ccc(CNC)cc1Cl. The molecule has 0 saturated heterocycles. The average Bonchev–Trinajstić information content (AvgIpc) is 2.42. The molecule has 1 aromatic carbocycles. The molecule has 0 aromatic heterocycles. The molecule has 21 heavy (non-hydrogen) atoms. The molecule has 0 heterocycles. The molecule has 2 N–H and O–H groups in total. The van der Waals surface area contributed by atoms with Gasteiger partial charge in [-0.3, -0.25) is 4.79 Å². The molecule has 0 spiro atoms. The van der Waals surface area contributed by atoms with Gasteiger partial charge in [0.1, 0.15) is 5.75 Å². The van der Waals surface area contributed by atoms with Crippen LogP contribution in [-0.2, 0) is 11.3 Å². The molecule has 0 aliphatic heterocycles. The number of hydrogen-bond acceptors (Lipinski definition) is 3. The zero-order valence-corrected chi connectivity index (χ0v) is 14.0. The smallest absolute Gasteiger partial charge is 0.260 e. The van der Waals surface area contributed by atoms with Crippen LogP contribution in [0.15, 0.2) is 18.2 Å². The van der Waals surface area contributed by atoms with Crippen molar-refractivity contribution in [2.24, 2.45) is 0 Å². The Labute approximate surface area is 132 Å². The van der Waals surface area contributed by atoms with E-state index < -0.39 is 6.10 Å². The van der Waals surface area contributed by atoms with E-state index in [0.29, 0.717) is 10.8 Å². The maximum Gasteiger partial charge on any atom is 0.260 e. The first kappa shape index (κ1) is 17.8. The lowest BCUT2D eigenvalue weighted by Crippen LogP contribution is -2.41. The topological polar surface area (TPSA) is 50.4 Å². The maximum atomic E-state index is 12.0. The van der Waals surface area contributed by atoms with Gasteiger partial charge in [0.15, 0.2) is 6.10 Å². The van der Waals surface area contributed by atoms with Gasteiger partial charge in [-0.05, 0) is 45.0 Å². The minimum atomic E-state index is -0.572. The summed E-state index contributed by atoms with van der Waals surface area (Å²) in [7, 11) is 1.88. The molecular weight excluding hydrogens is 288 g/mol. The predicted octanol–water partition coefficient (Wildman–Crippen LogP) is 3.13. The van der Waals surface area contributed by atoms with Gasteiger partial charge in [-0.2, -0.15) is 0 Å². The van der Waals surface area contributed by atoms with Crippen LogP contribution in [0.1, 0.15) is 39.2 Å². The van der Waals surface area contributed by atoms with Crippen LogP contribution in [0.3, 0.4) is 0 Å². The molecule has 1 aromatic rings. The summed E-state index contributed by atoms with van der Waals surface area (Å²) in [4.78, 5) is 12.0. The van der Waals surface area contributed by atoms with E-state index in [9.17, 15) is 4.79 Å². The highest BCUT2D eigenvalue weighted by Crippen LogP contribution is 2.26. The normalized spacial score (nSPS) is 13.6. The molecule has 2 unspecified atom stereocenters. The summed E-state index contributed by atoms with van der Waals surface area (Å²) >= 11 is 6.18. The number of rotatable bonds is 8. The average molecular weight is 313 g/mol. The van der Waals surface area contributed by atoms with Crippen LogP contribution in [0.5, 0.6) is 5.75 Å². The third-order valence-electron chi connectivity index (χ3n) is 3.16. The molecule has 0 bridgehead atoms. The second kappa shape index (κ2) is 8.90. The first-order valence-corrected chi connectivity index (χ1v) is 7.75. The number of carbonyl (C=O) groups excluding carboxylic acids is 1. The number of nitrogens with one attached hydrogen (secondary N) is 2. The molecule has 0 saturated carbocycles. The van der Waals surface area contributed by atoms with Gasteiger partial charge in [0.2, 0.25) is 0 Å². The third-order valence-corrected chi connectivity index (χ3v) is 3.46. The van der Waals surface area contributed by atoms with Gasteiger partial charge < -0.3 is 15.4 Å². The van der Waals surface area contributed by atoms with E-state index in [1.807, 2.05) is 26.1 Å². The number of carbonyl (C=O) groups is 1. The van der Waals surface area contributed by atoms with Crippen molar-refractivity contribution in [3.8, 4) is 5.75 Å². The zero-order valence-electron chi connectivity index (χ0n) is 13.2. The quantitative estimate of drug-likeness (QED) is 0.775. The summed E-state index contributed by atoms with van der Waals surface area (Å²) in [6.45, 7) is 6.55. The van der Waals surface area contributed by atoms with Crippen molar-refractivity contribution in [3.63, 3.8) is 0 Å². The summed E-state index contributed by atoms with van der Waals surface area (Å²) in [6.07, 6.45) is 1.42. The first-order chi connectivity index (χ1) is 9.97. The van der Waals surface area contributed by atoms with Crippen molar-refractivity contribution in [1.29, 1.82) is 0 Å². The molecule has 2 atom stereocenters. The van der Waals surface area contributed by atoms with Gasteiger partial charge in [-0.25, -0.2) is 0 Å². The van der Waals surface area contributed by atoms with Crippen LogP contribution >= 0.6 is 11.6 Å². The molecular formula is C16H25ClN2O2. The summed E-state index contributed by atoms with van der Waals surface area (Å²) < 4.78 is 5.65. The Kier molecular flexibility index (Phi) is 7.54. The van der Waals surface area contributed by atoms with Crippen LogP contribution in [0.25, 0.3) is 0 Å². The zero-order chi connectivity index (χ0) is 15.8. The van der Waals surface area contributed by atoms with E-state index in [-0.39, 0.29) is 11.9 Å². The molecule has 0 aliphatic rings. The standard InChI is InChI=1S/C16H25ClN2O2/c1-5-6-11(2)19-16(20)12(3)21-15-8-7-13(10-18-4)9-14(15)17/h7-9,11-12,18H,5-6,10H2,1-4H3,(H,19,20). The number of benzene rings is 1. The fourth-order valence-electron chi connectivity index (χ4n) is 2.06. The third kappa shape index (κ3) is 5.94. The molecule has 5 heteroatoms. The van der Waals surface area contributed by atoms with Crippen molar-refractivity contribution in [2.75, 3.05) is 7.05 Å². The lowest BCUT2D eigenvalue weighted by Gasteiger charge is -2.19. The van der Waals surface area contributed by atoms with Crippen LogP contribution < -0.4 is 15.4 Å². The monoisotopic (exact) mass is 312 g/mol. The molecule has 1 rings (SSSR count). The molecule has 0 aliphatic carbocycles. The van der Waals surface area contributed by atoms with Crippen LogP contribution in [-0.4, -0.2) is 25.1 Å². The number of halogens is 1. The molecule has 4 nitrogen and oxygen atoms in total. The van der Waals surface area contributed by atoms with Crippen molar-refractivity contribution in [1.82, 2.24) is 10.6 Å². The highest BCUT2D eigenvalue weighted by Gasteiger charge is 2.17. The Balaban J connectivity index is 2.61. The molecule has 0 radical (unpaired) electrons. The van der Waals surface area contributed by atoms with Crippen molar-refractivity contribution < 1.29 is 9.53 Å². The van der Waals surface area contributed by atoms with Gasteiger partial charge in [-0.15, -0.1) is 0 Å². The van der Waals surface area contributed by atoms with Gasteiger partial charge in [0, 0.05) is 12.6 Å². The molecule has 118 valence electrons. The Hall–Kier alpha value is -1.26. The van der Waals surface area contributed by atoms with Crippen molar-refractivity contribution in [3.05, 3.63) is 28.8 Å². The van der Waals surface area contributed by atoms with Gasteiger partial charge in [0.25, 0.3) is 5.91 Å². The Morgan fingerprint density at radius 2 is 2.10 bits per heavy atom. The minimum Gasteiger partial charge on any atom is -0.479 e. The summed E-state index contributed by atoms with van der Waals surface area (Å²) in [5, 5.41) is 6.51. The second-order valence-corrected chi connectivity index (χ2v) is 5.66. The van der Waals surface area contributed by atoms with Crippen molar-refractivity contribution >= 4 is 17.5 Å². The van der Waals surface area contributed by atoms with E-state index >= 15 is 0 Å². The van der Waals surface area contributed by atoms with E-state index in [2.05, 4.69) is 17.6 Å². The van der Waals surface area contributed by atoms with Gasteiger partial charge in [-0.1, -0.05) is 31.0 Å². The fourth-order valence-corrected chi connectivity index (χ4v) is 2.31. The summed E-state index contributed by atoms with van der Waals surface area (Å²) in [5.74, 6) is 0.411. The second-order valence-electron chi connectivity index (χ2n) is 5.25. The molecule has 0 fully saturated rings. The van der Waals surface area contributed by atoms with Crippen LogP contribution in [0.4, 0.5) is 0 Å². The van der Waals surface area contributed by atoms with Gasteiger partial charge >= 0.3 is 0 Å². The lowest BCUT2D eigenvalue weighted by atomic mass is 10.2. The first-order valence-electron chi connectivity index (χ1n) is 7.38.